The van der Waals surface area contributed by atoms with Crippen molar-refractivity contribution in [3.63, 3.8) is 0 Å². The Morgan fingerprint density at radius 3 is 2.74 bits per heavy atom. The summed E-state index contributed by atoms with van der Waals surface area (Å²) in [5.74, 6) is -1.45. The fraction of sp³-hybridized carbons (Fsp3) is 0.333. The van der Waals surface area contributed by atoms with Gasteiger partial charge in [0.2, 0.25) is 0 Å². The molecule has 27 heavy (non-hydrogen) atoms. The number of carbonyl (C=O) groups excluding carboxylic acids is 1. The van der Waals surface area contributed by atoms with Gasteiger partial charge in [0.1, 0.15) is 0 Å². The minimum absolute atomic E-state index is 0.0772. The van der Waals surface area contributed by atoms with E-state index in [1.807, 2.05) is 4.90 Å². The number of amides is 1. The summed E-state index contributed by atoms with van der Waals surface area (Å²) in [6.45, 7) is 0.652. The molecule has 1 aromatic heterocycles. The second-order valence-electron chi connectivity index (χ2n) is 6.55. The zero-order valence-electron chi connectivity index (χ0n) is 14.0. The van der Waals surface area contributed by atoms with Crippen molar-refractivity contribution < 1.29 is 18.0 Å². The first-order valence-electron chi connectivity index (χ1n) is 8.42. The number of carbonyl (C=O) groups is 1. The molecule has 1 N–H and O–H groups in total. The number of nitrogens with one attached hydrogen (secondary N) is 1. The fourth-order valence-corrected chi connectivity index (χ4v) is 4.42. The van der Waals surface area contributed by atoms with Crippen molar-refractivity contribution in [3.8, 4) is 0 Å². The lowest BCUT2D eigenvalue weighted by Gasteiger charge is -2.32. The number of nitrogens with zero attached hydrogens (tertiary/aromatic N) is 2. The molecule has 142 valence electrons. The molecule has 1 fully saturated rings. The van der Waals surface area contributed by atoms with Crippen LogP contribution in [0.2, 0.25) is 5.02 Å². The third-order valence-corrected chi connectivity index (χ3v) is 6.03. The van der Waals surface area contributed by atoms with Crippen molar-refractivity contribution in [3.05, 3.63) is 39.9 Å². The molecule has 3 heterocycles. The van der Waals surface area contributed by atoms with Gasteiger partial charge in [0, 0.05) is 40.4 Å². The number of anilines is 2. The number of aromatic nitrogens is 1. The molecule has 0 bridgehead atoms. The van der Waals surface area contributed by atoms with Crippen LogP contribution < -0.4 is 10.2 Å². The Labute approximate surface area is 162 Å². The molecule has 2 aromatic rings. The van der Waals surface area contributed by atoms with Gasteiger partial charge in [-0.15, -0.1) is 0 Å². The Bertz CT molecular complexity index is 917. The minimum Gasteiger partial charge on any atom is -0.348 e. The van der Waals surface area contributed by atoms with Crippen molar-refractivity contribution >= 4 is 51.3 Å². The summed E-state index contributed by atoms with van der Waals surface area (Å²) in [5.41, 5.74) is 1.93. The number of alkyl halides is 3. The number of piperidine rings is 1. The van der Waals surface area contributed by atoms with Crippen molar-refractivity contribution in [2.75, 3.05) is 23.3 Å². The second-order valence-corrected chi connectivity index (χ2v) is 8.03. The van der Waals surface area contributed by atoms with Crippen LogP contribution in [0.15, 0.2) is 24.4 Å². The maximum absolute atomic E-state index is 12.8. The van der Waals surface area contributed by atoms with E-state index in [9.17, 15) is 18.0 Å². The van der Waals surface area contributed by atoms with E-state index >= 15 is 0 Å². The highest BCUT2D eigenvalue weighted by Crippen LogP contribution is 2.38. The molecule has 0 radical (unpaired) electrons. The summed E-state index contributed by atoms with van der Waals surface area (Å²) >= 11 is 7.39. The average Bonchev–Trinajstić information content (AvgIpc) is 3.20. The highest BCUT2D eigenvalue weighted by molar-refractivity contribution is 7.16. The molecule has 0 spiro atoms. The van der Waals surface area contributed by atoms with Crippen molar-refractivity contribution in [2.45, 2.75) is 19.0 Å². The van der Waals surface area contributed by atoms with Crippen LogP contribution in [0.5, 0.6) is 0 Å². The van der Waals surface area contributed by atoms with Gasteiger partial charge in [-0.2, -0.15) is 13.2 Å². The van der Waals surface area contributed by atoms with Crippen molar-refractivity contribution in [1.82, 2.24) is 4.98 Å². The van der Waals surface area contributed by atoms with E-state index in [0.29, 0.717) is 34.5 Å². The van der Waals surface area contributed by atoms with Gasteiger partial charge in [0.25, 0.3) is 5.91 Å². The van der Waals surface area contributed by atoms with E-state index < -0.39 is 12.1 Å². The summed E-state index contributed by atoms with van der Waals surface area (Å²) < 4.78 is 38.4. The third kappa shape index (κ3) is 3.68. The number of thiazole rings is 1. The fourth-order valence-electron chi connectivity index (χ4n) is 3.33. The lowest BCUT2D eigenvalue weighted by atomic mass is 9.97. The maximum atomic E-state index is 12.8. The van der Waals surface area contributed by atoms with Gasteiger partial charge in [-0.1, -0.05) is 22.9 Å². The molecule has 1 amide bonds. The molecule has 4 rings (SSSR count). The average molecular weight is 414 g/mol. The van der Waals surface area contributed by atoms with E-state index in [-0.39, 0.29) is 18.7 Å². The molecule has 1 aromatic carbocycles. The lowest BCUT2D eigenvalue weighted by Crippen LogP contribution is -2.38. The normalized spacial score (nSPS) is 19.5. The quantitative estimate of drug-likeness (QED) is 0.699. The number of fused-ring (bicyclic) bond motifs is 1. The predicted molar refractivity (Wildman–Crippen MR) is 101 cm³/mol. The molecule has 0 saturated carbocycles. The van der Waals surface area contributed by atoms with Crippen LogP contribution in [0.25, 0.3) is 11.6 Å². The summed E-state index contributed by atoms with van der Waals surface area (Å²) in [7, 11) is 0. The molecule has 0 unspecified atom stereocenters. The molecule has 4 nitrogen and oxygen atoms in total. The first-order valence-corrected chi connectivity index (χ1v) is 9.61. The van der Waals surface area contributed by atoms with Crippen LogP contribution in [-0.2, 0) is 4.79 Å². The highest BCUT2D eigenvalue weighted by atomic mass is 35.5. The zero-order valence-corrected chi connectivity index (χ0v) is 15.6. The van der Waals surface area contributed by atoms with E-state index in [2.05, 4.69) is 10.3 Å². The summed E-state index contributed by atoms with van der Waals surface area (Å²) in [6.07, 6.45) is -0.601. The van der Waals surface area contributed by atoms with Crippen LogP contribution >= 0.6 is 22.9 Å². The molecular formula is C18H15ClF3N3OS. The molecule has 0 atom stereocenters. The first-order chi connectivity index (χ1) is 12.8. The SMILES string of the molecule is O=C1Nc2ccc(Cl)cc2C1=Cc1cnc(N2CCC(C(F)(F)F)CC2)s1. The Balaban J connectivity index is 1.52. The number of hydrogen-bond acceptors (Lipinski definition) is 4. The molecule has 0 aliphatic carbocycles. The van der Waals surface area contributed by atoms with E-state index in [1.165, 1.54) is 11.3 Å². The summed E-state index contributed by atoms with van der Waals surface area (Å²) in [4.78, 5) is 19.2. The van der Waals surface area contributed by atoms with Crippen molar-refractivity contribution in [2.24, 2.45) is 5.92 Å². The smallest absolute Gasteiger partial charge is 0.348 e. The molecule has 9 heteroatoms. The van der Waals surface area contributed by atoms with Crippen molar-refractivity contribution in [1.29, 1.82) is 0 Å². The standard InChI is InChI=1S/C18H15ClF3N3OS/c19-11-1-2-15-13(7-11)14(16(26)24-15)8-12-9-23-17(27-12)25-5-3-10(4-6-25)18(20,21)22/h1-2,7-10H,3-6H2,(H,24,26). The topological polar surface area (TPSA) is 45.2 Å². The largest absolute Gasteiger partial charge is 0.391 e. The predicted octanol–water partition coefficient (Wildman–Crippen LogP) is 5.07. The van der Waals surface area contributed by atoms with Crippen LogP contribution in [0.1, 0.15) is 23.3 Å². The maximum Gasteiger partial charge on any atom is 0.391 e. The van der Waals surface area contributed by atoms with E-state index in [4.69, 9.17) is 11.6 Å². The van der Waals surface area contributed by atoms with Crippen LogP contribution in [0.3, 0.4) is 0 Å². The van der Waals surface area contributed by atoms with Gasteiger partial charge in [-0.3, -0.25) is 4.79 Å². The molecule has 2 aliphatic heterocycles. The Kier molecular flexibility index (Phi) is 4.63. The Hall–Kier alpha value is -2.06. The Morgan fingerprint density at radius 2 is 2.04 bits per heavy atom. The second kappa shape index (κ2) is 6.83. The van der Waals surface area contributed by atoms with Crippen LogP contribution in [0, 0.1) is 5.92 Å². The van der Waals surface area contributed by atoms with Gasteiger partial charge in [-0.25, -0.2) is 4.98 Å². The van der Waals surface area contributed by atoms with E-state index in [0.717, 1.165) is 10.4 Å². The van der Waals surface area contributed by atoms with Crippen LogP contribution in [-0.4, -0.2) is 30.2 Å². The zero-order chi connectivity index (χ0) is 19.2. The first kappa shape index (κ1) is 18.3. The monoisotopic (exact) mass is 413 g/mol. The molecule has 1 saturated heterocycles. The summed E-state index contributed by atoms with van der Waals surface area (Å²) in [5, 5.41) is 3.99. The number of rotatable bonds is 2. The van der Waals surface area contributed by atoms with Crippen LogP contribution in [0.4, 0.5) is 24.0 Å². The van der Waals surface area contributed by atoms with Gasteiger partial charge in [0.15, 0.2) is 5.13 Å². The van der Waals surface area contributed by atoms with Gasteiger partial charge < -0.3 is 10.2 Å². The van der Waals surface area contributed by atoms with Gasteiger partial charge in [0.05, 0.1) is 11.5 Å². The van der Waals surface area contributed by atoms with E-state index in [1.54, 1.807) is 30.5 Å². The number of benzene rings is 1. The van der Waals surface area contributed by atoms with Gasteiger partial charge >= 0.3 is 6.18 Å². The minimum atomic E-state index is -4.13. The molecule has 2 aliphatic rings. The number of halogens is 4. The summed E-state index contributed by atoms with van der Waals surface area (Å²) in [6, 6.07) is 5.18. The molecular weight excluding hydrogens is 399 g/mol. The third-order valence-electron chi connectivity index (χ3n) is 4.79. The Morgan fingerprint density at radius 1 is 1.30 bits per heavy atom. The highest BCUT2D eigenvalue weighted by Gasteiger charge is 2.41. The van der Waals surface area contributed by atoms with Gasteiger partial charge in [-0.05, 0) is 37.1 Å². The number of hydrogen-bond donors (Lipinski definition) is 1. The lowest BCUT2D eigenvalue weighted by molar-refractivity contribution is -0.179.